The number of aliphatic hydroxyl groups is 6. The topological polar surface area (TPSA) is 158 Å². The van der Waals surface area contributed by atoms with Crippen LogP contribution in [0.1, 0.15) is 93.4 Å². The average Bonchev–Trinajstić information content (AvgIpc) is 3.50. The molecule has 46 heavy (non-hydrogen) atoms. The number of rotatable bonds is 4. The third kappa shape index (κ3) is 3.58. The van der Waals surface area contributed by atoms with E-state index < -0.39 is 66.3 Å². The van der Waals surface area contributed by atoms with Crippen LogP contribution in [0.15, 0.2) is 11.6 Å². The molecule has 0 aromatic heterocycles. The number of allylic oxidation sites excluding steroid dienone is 1. The highest BCUT2D eigenvalue weighted by molar-refractivity contribution is 5.48. The summed E-state index contributed by atoms with van der Waals surface area (Å²) in [7, 11) is 0. The fourth-order valence-electron chi connectivity index (χ4n) is 13.4. The van der Waals surface area contributed by atoms with Crippen LogP contribution in [-0.4, -0.2) is 104 Å². The average molecular weight is 649 g/mol. The Hall–Kier alpha value is -0.660. The third-order valence-corrected chi connectivity index (χ3v) is 15.6. The summed E-state index contributed by atoms with van der Waals surface area (Å²) < 4.78 is 25.8. The maximum atomic E-state index is 12.6. The van der Waals surface area contributed by atoms with Gasteiger partial charge in [-0.05, 0) is 92.3 Å². The molecule has 2 bridgehead atoms. The van der Waals surface area contributed by atoms with E-state index in [1.807, 2.05) is 0 Å². The van der Waals surface area contributed by atoms with Crippen molar-refractivity contribution in [1.29, 1.82) is 0 Å². The van der Waals surface area contributed by atoms with E-state index in [0.717, 1.165) is 44.9 Å². The molecule has 17 atom stereocenters. The van der Waals surface area contributed by atoms with Crippen molar-refractivity contribution >= 4 is 0 Å². The molecule has 0 amide bonds. The zero-order chi connectivity index (χ0) is 33.2. The normalized spacial score (nSPS) is 59.9. The van der Waals surface area contributed by atoms with Crippen molar-refractivity contribution in [3.05, 3.63) is 11.6 Å². The van der Waals surface area contributed by atoms with Crippen LogP contribution in [-0.2, 0) is 18.9 Å². The Morgan fingerprint density at radius 3 is 2.37 bits per heavy atom. The zero-order valence-electron chi connectivity index (χ0n) is 28.5. The fraction of sp³-hybridized carbons (Fsp3) is 0.944. The largest absolute Gasteiger partial charge is 0.394 e. The molecule has 10 nitrogen and oxygen atoms in total. The summed E-state index contributed by atoms with van der Waals surface area (Å²) in [6, 6.07) is 0. The SMILES string of the molecule is C[C@@H]1CC2OC3(OC2C(C)(C)O)C(O)[C@@]2(C)C4=CC[C@H]5C(C)(C)C(O[C@@H]6O[C@H](CO)[C@H](O)[C@H](O)[C@H]6O)CC[C@@]56C[C@@]46CC[C@]2(C)[C@@H]13. The van der Waals surface area contributed by atoms with Crippen LogP contribution in [0.4, 0.5) is 0 Å². The molecule has 6 N–H and O–H groups in total. The van der Waals surface area contributed by atoms with Crippen molar-refractivity contribution in [2.75, 3.05) is 6.61 Å². The van der Waals surface area contributed by atoms with Gasteiger partial charge in [0.2, 0.25) is 0 Å². The molecule has 8 rings (SSSR count). The maximum absolute atomic E-state index is 12.6. The smallest absolute Gasteiger partial charge is 0.199 e. The van der Waals surface area contributed by atoms with Gasteiger partial charge in [0, 0.05) is 11.3 Å². The van der Waals surface area contributed by atoms with Gasteiger partial charge in [0.05, 0.1) is 24.4 Å². The molecule has 5 aliphatic carbocycles. The standard InChI is InChI=1S/C36H56O10/c1-17-14-18-27(31(4,5)42)46-36(45-18)26(17)32(6)12-13-35-16-34(35)11-10-22(44-28-25(40)24(39)23(38)19(15-37)43-28)30(2,3)20(34)8-9-21(35)33(32,7)29(36)41/h9,17-20,22-29,37-42H,8,10-16H2,1-7H3/t17-,18?,19-,20+,22?,23+,24+,25-,26-,27?,28+,29?,32-,33-,34-,35+,36?/m1/s1. The summed E-state index contributed by atoms with van der Waals surface area (Å²) in [6.07, 6.45) is 0.592. The first-order valence-electron chi connectivity index (χ1n) is 17.8. The van der Waals surface area contributed by atoms with E-state index in [4.69, 9.17) is 18.9 Å². The Morgan fingerprint density at radius 2 is 1.70 bits per heavy atom. The van der Waals surface area contributed by atoms with Gasteiger partial charge in [-0.3, -0.25) is 0 Å². The summed E-state index contributed by atoms with van der Waals surface area (Å²) in [5, 5.41) is 64.8. The molecule has 3 heterocycles. The summed E-state index contributed by atoms with van der Waals surface area (Å²) >= 11 is 0. The molecule has 5 unspecified atom stereocenters. The number of aliphatic hydroxyl groups excluding tert-OH is 5. The highest BCUT2D eigenvalue weighted by Gasteiger charge is 2.86. The van der Waals surface area contributed by atoms with Crippen LogP contribution >= 0.6 is 0 Å². The Kier molecular flexibility index (Phi) is 6.76. The summed E-state index contributed by atoms with van der Waals surface area (Å²) in [5.41, 5.74) is -0.713. The molecular formula is C36H56O10. The molecule has 0 radical (unpaired) electrons. The van der Waals surface area contributed by atoms with Crippen LogP contribution in [0.25, 0.3) is 0 Å². The predicted octanol–water partition coefficient (Wildman–Crippen LogP) is 2.40. The molecule has 4 saturated carbocycles. The lowest BCUT2D eigenvalue weighted by atomic mass is 9.44. The van der Waals surface area contributed by atoms with Crippen molar-refractivity contribution in [3.63, 3.8) is 0 Å². The van der Waals surface area contributed by atoms with Crippen molar-refractivity contribution in [1.82, 2.24) is 0 Å². The van der Waals surface area contributed by atoms with Gasteiger partial charge in [0.25, 0.3) is 0 Å². The van der Waals surface area contributed by atoms with Crippen molar-refractivity contribution in [2.24, 2.45) is 44.8 Å². The molecule has 7 fully saturated rings. The van der Waals surface area contributed by atoms with E-state index in [1.165, 1.54) is 5.57 Å². The third-order valence-electron chi connectivity index (χ3n) is 15.6. The minimum atomic E-state index is -1.47. The summed E-state index contributed by atoms with van der Waals surface area (Å²) in [6.45, 7) is 14.5. The van der Waals surface area contributed by atoms with E-state index in [2.05, 4.69) is 40.7 Å². The molecule has 0 aromatic rings. The Labute approximate surface area is 272 Å². The van der Waals surface area contributed by atoms with Crippen LogP contribution < -0.4 is 0 Å². The second-order valence-corrected chi connectivity index (χ2v) is 18.3. The minimum Gasteiger partial charge on any atom is -0.394 e. The number of fused-ring (bicyclic) bond motifs is 4. The second kappa shape index (κ2) is 9.56. The summed E-state index contributed by atoms with van der Waals surface area (Å²) in [4.78, 5) is 0. The first kappa shape index (κ1) is 32.5. The van der Waals surface area contributed by atoms with Crippen molar-refractivity contribution in [3.8, 4) is 0 Å². The quantitative estimate of drug-likeness (QED) is 0.250. The second-order valence-electron chi connectivity index (χ2n) is 18.3. The van der Waals surface area contributed by atoms with Gasteiger partial charge in [0.1, 0.15) is 36.6 Å². The van der Waals surface area contributed by atoms with E-state index >= 15 is 0 Å². The molecule has 3 aliphatic heterocycles. The molecule has 10 heteroatoms. The Bertz CT molecular complexity index is 1310. The monoisotopic (exact) mass is 648 g/mol. The van der Waals surface area contributed by atoms with Crippen LogP contribution in [0.5, 0.6) is 0 Å². The molecule has 3 spiro atoms. The first-order chi connectivity index (χ1) is 21.4. The van der Waals surface area contributed by atoms with E-state index in [1.54, 1.807) is 13.8 Å². The van der Waals surface area contributed by atoms with E-state index in [-0.39, 0.29) is 45.7 Å². The summed E-state index contributed by atoms with van der Waals surface area (Å²) in [5.74, 6) is -0.548. The molecule has 8 aliphatic rings. The Morgan fingerprint density at radius 1 is 0.978 bits per heavy atom. The van der Waals surface area contributed by atoms with Gasteiger partial charge in [-0.15, -0.1) is 0 Å². The van der Waals surface area contributed by atoms with Crippen molar-refractivity contribution in [2.45, 2.75) is 160 Å². The van der Waals surface area contributed by atoms with Gasteiger partial charge in [-0.25, -0.2) is 0 Å². The predicted molar refractivity (Wildman–Crippen MR) is 165 cm³/mol. The van der Waals surface area contributed by atoms with E-state index in [0.29, 0.717) is 5.92 Å². The van der Waals surface area contributed by atoms with Crippen molar-refractivity contribution < 1.29 is 49.6 Å². The first-order valence-corrected chi connectivity index (χ1v) is 17.8. The van der Waals surface area contributed by atoms with Crippen LogP contribution in [0.3, 0.4) is 0 Å². The number of hydrogen-bond acceptors (Lipinski definition) is 10. The Balaban J connectivity index is 1.12. The lowest BCUT2D eigenvalue weighted by Gasteiger charge is -2.60. The van der Waals surface area contributed by atoms with Gasteiger partial charge in [-0.2, -0.15) is 0 Å². The van der Waals surface area contributed by atoms with Gasteiger partial charge < -0.3 is 49.6 Å². The minimum absolute atomic E-state index is 0.00777. The molecule has 0 aromatic carbocycles. The lowest BCUT2D eigenvalue weighted by Crippen LogP contribution is -2.61. The van der Waals surface area contributed by atoms with Crippen LogP contribution in [0.2, 0.25) is 0 Å². The molecule has 260 valence electrons. The van der Waals surface area contributed by atoms with E-state index in [9.17, 15) is 30.6 Å². The van der Waals surface area contributed by atoms with Gasteiger partial charge in [0.15, 0.2) is 12.1 Å². The molecular weight excluding hydrogens is 592 g/mol. The number of ether oxygens (including phenoxy) is 4. The highest BCUT2D eigenvalue weighted by atomic mass is 16.8. The van der Waals surface area contributed by atoms with Crippen LogP contribution in [0, 0.1) is 44.8 Å². The number of hydrogen-bond donors (Lipinski definition) is 6. The van der Waals surface area contributed by atoms with Gasteiger partial charge in [-0.1, -0.05) is 46.3 Å². The zero-order valence-corrected chi connectivity index (χ0v) is 28.5. The fourth-order valence-corrected chi connectivity index (χ4v) is 13.4. The highest BCUT2D eigenvalue weighted by Crippen LogP contribution is 2.89. The molecule has 3 saturated heterocycles. The van der Waals surface area contributed by atoms with Gasteiger partial charge >= 0.3 is 0 Å². The maximum Gasteiger partial charge on any atom is 0.199 e. The lowest BCUT2D eigenvalue weighted by molar-refractivity contribution is -0.325.